The van der Waals surface area contributed by atoms with Crippen molar-refractivity contribution in [1.82, 2.24) is 0 Å². The lowest BCUT2D eigenvalue weighted by Gasteiger charge is -2.33. The Balaban J connectivity index is 2.40. The number of rotatable bonds is 3. The number of ether oxygens (including phenoxy) is 1. The van der Waals surface area contributed by atoms with E-state index >= 15 is 0 Å². The Morgan fingerprint density at radius 3 is 2.54 bits per heavy atom. The van der Waals surface area contributed by atoms with Crippen molar-refractivity contribution in [2.45, 2.75) is 32.9 Å². The van der Waals surface area contributed by atoms with Crippen LogP contribution in [0.5, 0.6) is 0 Å². The van der Waals surface area contributed by atoms with Crippen molar-refractivity contribution in [2.75, 3.05) is 18.1 Å². The molecule has 2 N–H and O–H groups in total. The molecule has 0 aromatic heterocycles. The first-order valence-electron chi connectivity index (χ1n) is 5.08. The SMILES string of the molecule is CC(C)C(C)C(N)C1CSCCO1. The minimum absolute atomic E-state index is 0.202. The quantitative estimate of drug-likeness (QED) is 0.759. The van der Waals surface area contributed by atoms with E-state index in [-0.39, 0.29) is 12.1 Å². The molecule has 0 spiro atoms. The molecule has 0 aromatic carbocycles. The predicted molar refractivity (Wildman–Crippen MR) is 59.0 cm³/mol. The van der Waals surface area contributed by atoms with Crippen molar-refractivity contribution in [3.8, 4) is 0 Å². The van der Waals surface area contributed by atoms with Crippen LogP contribution in [-0.4, -0.2) is 30.3 Å². The molecule has 1 saturated heterocycles. The molecule has 1 heterocycles. The third-order valence-electron chi connectivity index (χ3n) is 2.93. The number of nitrogens with two attached hydrogens (primary N) is 1. The molecule has 1 aliphatic rings. The molecule has 1 aliphatic heterocycles. The van der Waals surface area contributed by atoms with Gasteiger partial charge in [0.2, 0.25) is 0 Å². The van der Waals surface area contributed by atoms with E-state index in [1.54, 1.807) is 0 Å². The summed E-state index contributed by atoms with van der Waals surface area (Å²) in [6.07, 6.45) is 0.274. The van der Waals surface area contributed by atoms with E-state index in [1.165, 1.54) is 0 Å². The van der Waals surface area contributed by atoms with Crippen LogP contribution in [-0.2, 0) is 4.74 Å². The van der Waals surface area contributed by atoms with Crippen molar-refractivity contribution in [3.63, 3.8) is 0 Å². The van der Waals surface area contributed by atoms with Crippen molar-refractivity contribution in [3.05, 3.63) is 0 Å². The minimum atomic E-state index is 0.202. The largest absolute Gasteiger partial charge is 0.375 e. The van der Waals surface area contributed by atoms with E-state index < -0.39 is 0 Å². The number of hydrogen-bond acceptors (Lipinski definition) is 3. The Labute approximate surface area is 85.6 Å². The molecule has 78 valence electrons. The van der Waals surface area contributed by atoms with E-state index in [0.29, 0.717) is 11.8 Å². The van der Waals surface area contributed by atoms with Gasteiger partial charge in [-0.2, -0.15) is 11.8 Å². The topological polar surface area (TPSA) is 35.2 Å². The van der Waals surface area contributed by atoms with Gasteiger partial charge < -0.3 is 10.5 Å². The molecule has 3 unspecified atom stereocenters. The van der Waals surface area contributed by atoms with Crippen LogP contribution in [0.4, 0.5) is 0 Å². The average molecular weight is 203 g/mol. The zero-order valence-corrected chi connectivity index (χ0v) is 9.64. The van der Waals surface area contributed by atoms with Gasteiger partial charge in [-0.05, 0) is 11.8 Å². The summed E-state index contributed by atoms with van der Waals surface area (Å²) in [5.74, 6) is 3.38. The maximum atomic E-state index is 6.15. The number of hydrogen-bond donors (Lipinski definition) is 1. The van der Waals surface area contributed by atoms with E-state index in [0.717, 1.165) is 18.1 Å². The summed E-state index contributed by atoms with van der Waals surface area (Å²) in [5, 5.41) is 0. The molecule has 1 rings (SSSR count). The maximum Gasteiger partial charge on any atom is 0.0819 e. The molecule has 13 heavy (non-hydrogen) atoms. The fourth-order valence-electron chi connectivity index (χ4n) is 1.51. The van der Waals surface area contributed by atoms with Crippen molar-refractivity contribution < 1.29 is 4.74 Å². The van der Waals surface area contributed by atoms with Crippen molar-refractivity contribution >= 4 is 11.8 Å². The Hall–Kier alpha value is 0.270. The molecule has 2 nitrogen and oxygen atoms in total. The zero-order valence-electron chi connectivity index (χ0n) is 8.82. The Kier molecular flexibility index (Phi) is 4.56. The molecule has 0 radical (unpaired) electrons. The molecule has 0 bridgehead atoms. The molecule has 0 aliphatic carbocycles. The fraction of sp³-hybridized carbons (Fsp3) is 1.00. The van der Waals surface area contributed by atoms with Gasteiger partial charge in [-0.25, -0.2) is 0 Å². The molecule has 3 atom stereocenters. The Morgan fingerprint density at radius 2 is 2.08 bits per heavy atom. The van der Waals surface area contributed by atoms with Crippen molar-refractivity contribution in [1.29, 1.82) is 0 Å². The lowest BCUT2D eigenvalue weighted by Crippen LogP contribution is -2.46. The first kappa shape index (κ1) is 11.3. The first-order valence-corrected chi connectivity index (χ1v) is 6.23. The van der Waals surface area contributed by atoms with Crippen molar-refractivity contribution in [2.24, 2.45) is 17.6 Å². The van der Waals surface area contributed by atoms with Crippen LogP contribution in [0.25, 0.3) is 0 Å². The summed E-state index contributed by atoms with van der Waals surface area (Å²) in [6.45, 7) is 7.53. The van der Waals surface area contributed by atoms with Crippen LogP contribution in [0.2, 0.25) is 0 Å². The molecule has 1 fully saturated rings. The van der Waals surface area contributed by atoms with Gasteiger partial charge in [0.05, 0.1) is 12.7 Å². The first-order chi connectivity index (χ1) is 6.13. The van der Waals surface area contributed by atoms with Gasteiger partial charge in [0.15, 0.2) is 0 Å². The maximum absolute atomic E-state index is 6.15. The van der Waals surface area contributed by atoms with Crippen LogP contribution in [0.3, 0.4) is 0 Å². The summed E-state index contributed by atoms with van der Waals surface area (Å²) in [6, 6.07) is 0.202. The predicted octanol–water partition coefficient (Wildman–Crippen LogP) is 1.74. The molecule has 0 aromatic rings. The highest BCUT2D eigenvalue weighted by Gasteiger charge is 2.27. The van der Waals surface area contributed by atoms with Gasteiger partial charge in [0, 0.05) is 17.5 Å². The zero-order chi connectivity index (χ0) is 9.84. The monoisotopic (exact) mass is 203 g/mol. The van der Waals surface area contributed by atoms with Gasteiger partial charge in [-0.3, -0.25) is 0 Å². The van der Waals surface area contributed by atoms with Gasteiger partial charge >= 0.3 is 0 Å². The Morgan fingerprint density at radius 1 is 1.38 bits per heavy atom. The smallest absolute Gasteiger partial charge is 0.0819 e. The molecule has 3 heteroatoms. The second-order valence-electron chi connectivity index (χ2n) is 4.16. The van der Waals surface area contributed by atoms with Crippen LogP contribution in [0.15, 0.2) is 0 Å². The van der Waals surface area contributed by atoms with E-state index in [9.17, 15) is 0 Å². The third kappa shape index (κ3) is 3.15. The van der Waals surface area contributed by atoms with Crippen LogP contribution in [0.1, 0.15) is 20.8 Å². The van der Waals surface area contributed by atoms with Gasteiger partial charge in [-0.1, -0.05) is 20.8 Å². The summed E-state index contributed by atoms with van der Waals surface area (Å²) < 4.78 is 5.67. The molecular formula is C10H21NOS. The van der Waals surface area contributed by atoms with Crippen LogP contribution >= 0.6 is 11.8 Å². The van der Waals surface area contributed by atoms with Crippen LogP contribution < -0.4 is 5.73 Å². The van der Waals surface area contributed by atoms with E-state index in [2.05, 4.69) is 20.8 Å². The average Bonchev–Trinajstić information content (AvgIpc) is 2.17. The summed E-state index contributed by atoms with van der Waals surface area (Å²) >= 11 is 1.96. The summed E-state index contributed by atoms with van der Waals surface area (Å²) in [4.78, 5) is 0. The summed E-state index contributed by atoms with van der Waals surface area (Å²) in [7, 11) is 0. The number of thioether (sulfide) groups is 1. The minimum Gasteiger partial charge on any atom is -0.375 e. The highest BCUT2D eigenvalue weighted by molar-refractivity contribution is 7.99. The van der Waals surface area contributed by atoms with E-state index in [1.807, 2.05) is 11.8 Å². The lowest BCUT2D eigenvalue weighted by molar-refractivity contribution is 0.0376. The second-order valence-corrected chi connectivity index (χ2v) is 5.31. The van der Waals surface area contributed by atoms with Gasteiger partial charge in [0.1, 0.15) is 0 Å². The Bertz CT molecular complexity index is 146. The molecule has 0 amide bonds. The van der Waals surface area contributed by atoms with Crippen LogP contribution in [0, 0.1) is 11.8 Å². The second kappa shape index (κ2) is 5.23. The van der Waals surface area contributed by atoms with Gasteiger partial charge in [0.25, 0.3) is 0 Å². The highest BCUT2D eigenvalue weighted by atomic mass is 32.2. The fourth-order valence-corrected chi connectivity index (χ4v) is 2.44. The normalized spacial score (nSPS) is 28.8. The molecule has 0 saturated carbocycles. The molecular weight excluding hydrogens is 182 g/mol. The standard InChI is InChI=1S/C10H21NOS/c1-7(2)8(3)10(11)9-6-13-5-4-12-9/h7-10H,4-6,11H2,1-3H3. The van der Waals surface area contributed by atoms with Gasteiger partial charge in [-0.15, -0.1) is 0 Å². The lowest BCUT2D eigenvalue weighted by atomic mass is 9.88. The summed E-state index contributed by atoms with van der Waals surface area (Å²) in [5.41, 5.74) is 6.15. The van der Waals surface area contributed by atoms with E-state index in [4.69, 9.17) is 10.5 Å². The third-order valence-corrected chi connectivity index (χ3v) is 3.95. The highest BCUT2D eigenvalue weighted by Crippen LogP contribution is 2.22.